The lowest BCUT2D eigenvalue weighted by Crippen LogP contribution is -1.93. The van der Waals surface area contributed by atoms with Crippen molar-refractivity contribution in [3.63, 3.8) is 0 Å². The highest BCUT2D eigenvalue weighted by Gasteiger charge is 2.22. The quantitative estimate of drug-likeness (QED) is 0.136. The van der Waals surface area contributed by atoms with Crippen molar-refractivity contribution in [1.82, 2.24) is 0 Å². The van der Waals surface area contributed by atoms with Crippen LogP contribution >= 0.6 is 0 Å². The highest BCUT2D eigenvalue weighted by Crippen LogP contribution is 2.49. The van der Waals surface area contributed by atoms with Crippen LogP contribution in [0.25, 0.3) is 109 Å². The fourth-order valence-electron chi connectivity index (χ4n) is 8.14. The Morgan fingerprint density at radius 2 is 0.922 bits per heavy atom. The van der Waals surface area contributed by atoms with Crippen molar-refractivity contribution >= 4 is 75.8 Å². The van der Waals surface area contributed by atoms with Gasteiger partial charge in [0.05, 0.1) is 11.0 Å². The van der Waals surface area contributed by atoms with E-state index in [1.165, 1.54) is 0 Å². The number of fused-ring (bicyclic) bond motifs is 10. The van der Waals surface area contributed by atoms with Gasteiger partial charge in [0.25, 0.3) is 0 Å². The van der Waals surface area contributed by atoms with E-state index >= 15 is 0 Å². The van der Waals surface area contributed by atoms with Crippen LogP contribution in [-0.4, -0.2) is 0 Å². The summed E-state index contributed by atoms with van der Waals surface area (Å²) in [5.41, 5.74) is 4.60. The van der Waals surface area contributed by atoms with Crippen LogP contribution in [0.15, 0.2) is 186 Å². The third-order valence-electron chi connectivity index (χ3n) is 10.3. The molecule has 236 valence electrons. The Labute approximate surface area is 305 Å². The molecule has 0 unspecified atom stereocenters. The Hall–Kier alpha value is -6.70. The Morgan fingerprint density at radius 3 is 1.65 bits per heavy atom. The van der Waals surface area contributed by atoms with Gasteiger partial charge in [-0.15, -0.1) is 0 Å². The maximum Gasteiger partial charge on any atom is 0.143 e. The molecule has 0 radical (unpaired) electrons. The standard InChI is InChI=1S/C50H30O/c1-2-14-31(15-3-1)33-24-12-25-36-35-18-6-7-19-37(35)45(30-44(33)36)48-40-22-10-8-20-38(40)47(39-21-9-11-23-41(39)48)42-26-13-27-43-49-34-17-5-4-16-32(34)28-29-46(49)51-50(42)43/h1-30H/i8D,9D,10D,11D,20D,21D,22D,23D. The van der Waals surface area contributed by atoms with Gasteiger partial charge in [-0.1, -0.05) is 170 Å². The molecule has 0 spiro atoms. The molecule has 0 N–H and O–H groups in total. The van der Waals surface area contributed by atoms with E-state index in [1.807, 2.05) is 121 Å². The van der Waals surface area contributed by atoms with Crippen LogP contribution in [0.1, 0.15) is 11.0 Å². The van der Waals surface area contributed by atoms with Gasteiger partial charge in [-0.2, -0.15) is 0 Å². The first-order chi connectivity index (χ1) is 28.7. The molecule has 0 aliphatic rings. The van der Waals surface area contributed by atoms with E-state index < -0.39 is 24.2 Å². The largest absolute Gasteiger partial charge is 0.455 e. The van der Waals surface area contributed by atoms with Gasteiger partial charge in [0.2, 0.25) is 0 Å². The van der Waals surface area contributed by atoms with E-state index in [0.717, 1.165) is 54.2 Å². The number of hydrogen-bond donors (Lipinski definition) is 0. The summed E-state index contributed by atoms with van der Waals surface area (Å²) in [5.74, 6) is 0. The molecular weight excluding hydrogens is 617 g/mol. The number of para-hydroxylation sites is 1. The predicted octanol–water partition coefficient (Wildman–Crippen LogP) is 14.4. The molecule has 1 heteroatoms. The first-order valence-corrected chi connectivity index (χ1v) is 16.9. The van der Waals surface area contributed by atoms with Crippen molar-refractivity contribution in [3.8, 4) is 33.4 Å². The minimum Gasteiger partial charge on any atom is -0.455 e. The molecule has 51 heavy (non-hydrogen) atoms. The molecule has 0 atom stereocenters. The third-order valence-corrected chi connectivity index (χ3v) is 10.3. The minimum absolute atomic E-state index is 0.141. The summed E-state index contributed by atoms with van der Waals surface area (Å²) in [6.07, 6.45) is 0. The molecule has 0 aliphatic heterocycles. The second kappa shape index (κ2) is 10.9. The second-order valence-corrected chi connectivity index (χ2v) is 12.9. The van der Waals surface area contributed by atoms with Crippen LogP contribution in [0.4, 0.5) is 0 Å². The van der Waals surface area contributed by atoms with Crippen LogP contribution in [0, 0.1) is 0 Å². The molecular formula is C50H30O. The summed E-state index contributed by atoms with van der Waals surface area (Å²) in [6, 6.07) is 40.5. The van der Waals surface area contributed by atoms with Gasteiger partial charge >= 0.3 is 0 Å². The van der Waals surface area contributed by atoms with Crippen molar-refractivity contribution in [3.05, 3.63) is 182 Å². The molecule has 0 amide bonds. The van der Waals surface area contributed by atoms with Crippen LogP contribution in [0.2, 0.25) is 0 Å². The fourth-order valence-corrected chi connectivity index (χ4v) is 8.14. The molecule has 11 aromatic rings. The van der Waals surface area contributed by atoms with Crippen LogP contribution in [0.5, 0.6) is 0 Å². The van der Waals surface area contributed by atoms with Gasteiger partial charge in [0.1, 0.15) is 11.2 Å². The van der Waals surface area contributed by atoms with Gasteiger partial charge in [0, 0.05) is 21.9 Å². The SMILES string of the molecule is [2H]c1c([2H])c([2H])c2c(-c3cccc4c3oc3ccc5ccccc5c34)c3c([2H])c([2H])c([2H])c([2H])c3c(-c3cc4c(-c5ccccc5)cccc4c4ccccc34)c2c1[2H]. The zero-order valence-corrected chi connectivity index (χ0v) is 27.1. The summed E-state index contributed by atoms with van der Waals surface area (Å²) < 4.78 is 81.3. The maximum atomic E-state index is 9.65. The van der Waals surface area contributed by atoms with E-state index in [4.69, 9.17) is 9.90 Å². The first kappa shape index (κ1) is 21.4. The normalized spacial score (nSPS) is 14.1. The molecule has 0 aliphatic carbocycles. The molecule has 0 fully saturated rings. The van der Waals surface area contributed by atoms with E-state index in [-0.39, 0.29) is 51.3 Å². The average Bonchev–Trinajstić information content (AvgIpc) is 3.67. The Balaban J connectivity index is 1.41. The monoisotopic (exact) mass is 654 g/mol. The van der Waals surface area contributed by atoms with Crippen molar-refractivity contribution in [2.45, 2.75) is 0 Å². The Bertz CT molecular complexity index is 3570. The highest BCUT2D eigenvalue weighted by molar-refractivity contribution is 6.29. The average molecular weight is 655 g/mol. The number of rotatable bonds is 3. The highest BCUT2D eigenvalue weighted by atomic mass is 16.3. The van der Waals surface area contributed by atoms with Crippen molar-refractivity contribution in [2.75, 3.05) is 0 Å². The fraction of sp³-hybridized carbons (Fsp3) is 0. The van der Waals surface area contributed by atoms with Crippen molar-refractivity contribution in [1.29, 1.82) is 0 Å². The van der Waals surface area contributed by atoms with Crippen molar-refractivity contribution in [2.24, 2.45) is 0 Å². The number of hydrogen-bond acceptors (Lipinski definition) is 1. The Kier molecular flexibility index (Phi) is 4.57. The molecule has 1 nitrogen and oxygen atoms in total. The van der Waals surface area contributed by atoms with Crippen LogP contribution < -0.4 is 0 Å². The van der Waals surface area contributed by atoms with E-state index in [0.29, 0.717) is 27.9 Å². The Morgan fingerprint density at radius 1 is 0.373 bits per heavy atom. The third kappa shape index (κ3) is 4.09. The maximum absolute atomic E-state index is 9.65. The zero-order valence-electron chi connectivity index (χ0n) is 35.1. The van der Waals surface area contributed by atoms with Gasteiger partial charge in [0.15, 0.2) is 0 Å². The zero-order chi connectivity index (χ0) is 40.4. The summed E-state index contributed by atoms with van der Waals surface area (Å²) >= 11 is 0. The lowest BCUT2D eigenvalue weighted by atomic mass is 9.83. The summed E-state index contributed by atoms with van der Waals surface area (Å²) in [4.78, 5) is 0. The molecule has 1 heterocycles. The molecule has 11 rings (SSSR count). The van der Waals surface area contributed by atoms with Gasteiger partial charge < -0.3 is 4.42 Å². The van der Waals surface area contributed by atoms with Gasteiger partial charge in [-0.05, 0) is 88.2 Å². The van der Waals surface area contributed by atoms with Crippen molar-refractivity contribution < 1.29 is 15.4 Å². The molecule has 0 bridgehead atoms. The smallest absolute Gasteiger partial charge is 0.143 e. The second-order valence-electron chi connectivity index (χ2n) is 12.9. The van der Waals surface area contributed by atoms with E-state index in [9.17, 15) is 5.48 Å². The summed E-state index contributed by atoms with van der Waals surface area (Å²) in [6.45, 7) is 0. The van der Waals surface area contributed by atoms with E-state index in [1.54, 1.807) is 6.07 Å². The lowest BCUT2D eigenvalue weighted by Gasteiger charge is -2.20. The van der Waals surface area contributed by atoms with E-state index in [2.05, 4.69) is 6.07 Å². The minimum atomic E-state index is -0.451. The van der Waals surface area contributed by atoms with Crippen LogP contribution in [-0.2, 0) is 0 Å². The predicted molar refractivity (Wildman–Crippen MR) is 218 cm³/mol. The molecule has 0 saturated carbocycles. The molecule has 10 aromatic carbocycles. The molecule has 0 saturated heterocycles. The number of furan rings is 1. The van der Waals surface area contributed by atoms with Crippen LogP contribution in [0.3, 0.4) is 0 Å². The molecule has 1 aromatic heterocycles. The topological polar surface area (TPSA) is 13.1 Å². The first-order valence-electron chi connectivity index (χ1n) is 20.9. The number of benzene rings is 10. The summed E-state index contributed by atoms with van der Waals surface area (Å²) in [5, 5.41) is 7.78. The lowest BCUT2D eigenvalue weighted by molar-refractivity contribution is 0.670. The van der Waals surface area contributed by atoms with Gasteiger partial charge in [-0.25, -0.2) is 0 Å². The summed E-state index contributed by atoms with van der Waals surface area (Å²) in [7, 11) is 0. The van der Waals surface area contributed by atoms with Gasteiger partial charge in [-0.3, -0.25) is 0 Å².